The van der Waals surface area contributed by atoms with Gasteiger partial charge in [-0.1, -0.05) is 11.8 Å². The van der Waals surface area contributed by atoms with Crippen molar-refractivity contribution in [3.63, 3.8) is 0 Å². The van der Waals surface area contributed by atoms with Crippen molar-refractivity contribution in [3.05, 3.63) is 47.0 Å². The number of rotatable bonds is 2. The number of allylic oxidation sites excluding steroid dienone is 1. The topological polar surface area (TPSA) is 59.6 Å². The summed E-state index contributed by atoms with van der Waals surface area (Å²) in [5.74, 6) is -0.155. The molecule has 1 saturated carbocycles. The average Bonchev–Trinajstić information content (AvgIpc) is 3.12. The second-order valence-electron chi connectivity index (χ2n) is 7.90. The predicted octanol–water partition coefficient (Wildman–Crippen LogP) is 3.65. The van der Waals surface area contributed by atoms with Gasteiger partial charge in [-0.3, -0.25) is 4.79 Å². The van der Waals surface area contributed by atoms with Crippen LogP contribution in [0.3, 0.4) is 0 Å². The van der Waals surface area contributed by atoms with Gasteiger partial charge in [0, 0.05) is 12.5 Å². The van der Waals surface area contributed by atoms with E-state index in [2.05, 4.69) is 21.1 Å². The molecule has 2 N–H and O–H groups in total. The number of nitrogens with one attached hydrogen (secondary N) is 2. The molecule has 29 heavy (non-hydrogen) atoms. The van der Waals surface area contributed by atoms with E-state index in [-0.39, 0.29) is 17.8 Å². The molecule has 2 fully saturated rings. The predicted molar refractivity (Wildman–Crippen MR) is 98.8 cm³/mol. The molecule has 1 atom stereocenters. The molecule has 1 saturated heterocycles. The summed E-state index contributed by atoms with van der Waals surface area (Å²) in [5.41, 5.74) is 2.76. The molecule has 4 rings (SSSR count). The first-order valence-corrected chi connectivity index (χ1v) is 9.66. The Hall–Kier alpha value is -2.44. The van der Waals surface area contributed by atoms with Crippen LogP contribution in [0.1, 0.15) is 43.7 Å². The molecule has 1 aromatic carbocycles. The van der Waals surface area contributed by atoms with Crippen LogP contribution in [0.2, 0.25) is 0 Å². The van der Waals surface area contributed by atoms with Crippen molar-refractivity contribution in [1.82, 2.24) is 10.6 Å². The highest BCUT2D eigenvalue weighted by Gasteiger charge is 2.65. The Kier molecular flexibility index (Phi) is 4.67. The van der Waals surface area contributed by atoms with Crippen molar-refractivity contribution < 1.29 is 27.4 Å². The second kappa shape index (κ2) is 6.82. The van der Waals surface area contributed by atoms with Gasteiger partial charge in [0.15, 0.2) is 11.4 Å². The largest absolute Gasteiger partial charge is 0.573 e. The highest BCUT2D eigenvalue weighted by molar-refractivity contribution is 5.94. The van der Waals surface area contributed by atoms with Gasteiger partial charge < -0.3 is 20.1 Å². The number of carbonyl (C=O) groups is 1. The van der Waals surface area contributed by atoms with E-state index in [1.54, 1.807) is 26.2 Å². The number of hydrogen-bond acceptors (Lipinski definition) is 4. The maximum Gasteiger partial charge on any atom is 0.573 e. The lowest BCUT2D eigenvalue weighted by Gasteiger charge is -2.46. The molecule has 1 unspecified atom stereocenters. The van der Waals surface area contributed by atoms with Crippen molar-refractivity contribution in [2.24, 2.45) is 5.41 Å². The second-order valence-corrected chi connectivity index (χ2v) is 7.90. The Morgan fingerprint density at radius 3 is 2.62 bits per heavy atom. The zero-order valence-corrected chi connectivity index (χ0v) is 16.3. The summed E-state index contributed by atoms with van der Waals surface area (Å²) < 4.78 is 48.0. The number of carbonyl (C=O) groups excluding carboxylic acids is 1. The highest BCUT2D eigenvalue weighted by atomic mass is 19.4. The highest BCUT2D eigenvalue weighted by Crippen LogP contribution is 2.59. The summed E-state index contributed by atoms with van der Waals surface area (Å²) in [5, 5.41) is 6.12. The molecule has 1 aliphatic heterocycles. The first-order chi connectivity index (χ1) is 13.7. The van der Waals surface area contributed by atoms with E-state index in [1.165, 1.54) is 12.1 Å². The zero-order chi connectivity index (χ0) is 20.9. The number of alkyl halides is 3. The molecule has 8 heteroatoms. The van der Waals surface area contributed by atoms with Gasteiger partial charge in [-0.05, 0) is 68.4 Å². The molecule has 2 spiro atoms. The van der Waals surface area contributed by atoms with Gasteiger partial charge in [-0.15, -0.1) is 13.2 Å². The quantitative estimate of drug-likeness (QED) is 0.734. The smallest absolute Gasteiger partial charge is 0.406 e. The monoisotopic (exact) mass is 408 g/mol. The Balaban J connectivity index is 1.83. The van der Waals surface area contributed by atoms with Crippen molar-refractivity contribution in [2.75, 3.05) is 7.11 Å². The van der Waals surface area contributed by atoms with Crippen LogP contribution in [0.5, 0.6) is 5.75 Å². The Bertz CT molecular complexity index is 897. The van der Waals surface area contributed by atoms with Crippen LogP contribution in [0, 0.1) is 5.41 Å². The molecule has 5 nitrogen and oxygen atoms in total. The van der Waals surface area contributed by atoms with Crippen LogP contribution >= 0.6 is 0 Å². The standard InChI is InChI=1S/C21H23F3N2O3/c1-3-4-17-25-18(27)20(26-17)16-11-15(29-21(22,23)24)6-5-13(16)12-19(20)9-7-14(28-2)8-10-19/h3,5-6,11,14,26H,7-10,12H2,1-2H3,(H,25,27). The molecule has 0 aromatic heterocycles. The first-order valence-electron chi connectivity index (χ1n) is 9.66. The third kappa shape index (κ3) is 3.11. The number of benzene rings is 1. The van der Waals surface area contributed by atoms with E-state index in [4.69, 9.17) is 4.74 Å². The van der Waals surface area contributed by atoms with Gasteiger partial charge in [0.2, 0.25) is 0 Å². The minimum atomic E-state index is -4.80. The summed E-state index contributed by atoms with van der Waals surface area (Å²) in [6, 6.07) is 4.31. The maximum atomic E-state index is 13.3. The van der Waals surface area contributed by atoms with Crippen LogP contribution in [0.15, 0.2) is 35.8 Å². The molecular formula is C21H23F3N2O3. The molecule has 1 heterocycles. The van der Waals surface area contributed by atoms with E-state index in [9.17, 15) is 18.0 Å². The van der Waals surface area contributed by atoms with Gasteiger partial charge in [0.05, 0.1) is 6.10 Å². The fourth-order valence-corrected chi connectivity index (χ4v) is 5.23. The lowest BCUT2D eigenvalue weighted by Crippen LogP contribution is -2.56. The lowest BCUT2D eigenvalue weighted by atomic mass is 9.61. The van der Waals surface area contributed by atoms with Crippen molar-refractivity contribution in [1.29, 1.82) is 0 Å². The van der Waals surface area contributed by atoms with E-state index < -0.39 is 17.3 Å². The first kappa shape index (κ1) is 19.9. The number of halogens is 3. The van der Waals surface area contributed by atoms with E-state index >= 15 is 0 Å². The van der Waals surface area contributed by atoms with Gasteiger partial charge in [0.25, 0.3) is 5.91 Å². The normalized spacial score (nSPS) is 30.7. The maximum absolute atomic E-state index is 13.3. The molecule has 0 bridgehead atoms. The zero-order valence-electron chi connectivity index (χ0n) is 16.3. The fraction of sp³-hybridized carbons (Fsp3) is 0.524. The molecular weight excluding hydrogens is 385 g/mol. The third-order valence-corrected chi connectivity index (χ3v) is 6.45. The number of fused-ring (bicyclic) bond motifs is 3. The van der Waals surface area contributed by atoms with Crippen molar-refractivity contribution in [3.8, 4) is 5.75 Å². The fourth-order valence-electron chi connectivity index (χ4n) is 5.23. The molecule has 0 radical (unpaired) electrons. The average molecular weight is 408 g/mol. The molecule has 1 amide bonds. The van der Waals surface area contributed by atoms with Crippen LogP contribution in [-0.4, -0.2) is 25.5 Å². The van der Waals surface area contributed by atoms with Gasteiger partial charge in [0.1, 0.15) is 5.75 Å². The Morgan fingerprint density at radius 1 is 1.28 bits per heavy atom. The summed E-state index contributed by atoms with van der Waals surface area (Å²) in [7, 11) is 1.68. The third-order valence-electron chi connectivity index (χ3n) is 6.45. The Morgan fingerprint density at radius 2 is 2.00 bits per heavy atom. The van der Waals surface area contributed by atoms with E-state index in [1.807, 2.05) is 0 Å². The van der Waals surface area contributed by atoms with Crippen LogP contribution in [-0.2, 0) is 21.5 Å². The summed E-state index contributed by atoms with van der Waals surface area (Å²) in [6.07, 6.45) is 0.629. The Labute approximate surface area is 166 Å². The summed E-state index contributed by atoms with van der Waals surface area (Å²) >= 11 is 0. The van der Waals surface area contributed by atoms with Gasteiger partial charge in [-0.25, -0.2) is 0 Å². The van der Waals surface area contributed by atoms with Crippen LogP contribution < -0.4 is 15.4 Å². The molecule has 156 valence electrons. The van der Waals surface area contributed by atoms with Crippen molar-refractivity contribution >= 4 is 5.91 Å². The van der Waals surface area contributed by atoms with E-state index in [0.717, 1.165) is 31.2 Å². The SMILES string of the molecule is CC=C=C1NC(=O)C2(N1)c1cc(OC(F)(F)F)ccc1CC21CCC(OC)CC1. The minimum Gasteiger partial charge on any atom is -0.406 e. The van der Waals surface area contributed by atoms with Gasteiger partial charge >= 0.3 is 6.36 Å². The van der Waals surface area contributed by atoms with Gasteiger partial charge in [-0.2, -0.15) is 0 Å². The molecule has 3 aliphatic rings. The van der Waals surface area contributed by atoms with Crippen LogP contribution in [0.25, 0.3) is 0 Å². The summed E-state index contributed by atoms with van der Waals surface area (Å²) in [6.45, 7) is 1.78. The minimum absolute atomic E-state index is 0.125. The number of amides is 1. The number of methoxy groups -OCH3 is 1. The van der Waals surface area contributed by atoms with Crippen LogP contribution in [0.4, 0.5) is 13.2 Å². The molecule has 1 aromatic rings. The van der Waals surface area contributed by atoms with Crippen molar-refractivity contribution in [2.45, 2.75) is 57.0 Å². The summed E-state index contributed by atoms with van der Waals surface area (Å²) in [4.78, 5) is 13.3. The number of ether oxygens (including phenoxy) is 2. The molecule has 2 aliphatic carbocycles. The lowest BCUT2D eigenvalue weighted by molar-refractivity contribution is -0.274. The number of hydrogen-bond donors (Lipinski definition) is 2. The van der Waals surface area contributed by atoms with E-state index in [0.29, 0.717) is 17.8 Å².